The maximum absolute atomic E-state index is 13.3. The number of benzene rings is 2. The summed E-state index contributed by atoms with van der Waals surface area (Å²) in [5, 5.41) is 2.73. The summed E-state index contributed by atoms with van der Waals surface area (Å²) < 4.78 is 41.1. The van der Waals surface area contributed by atoms with Gasteiger partial charge >= 0.3 is 6.18 Å². The van der Waals surface area contributed by atoms with Crippen LogP contribution in [0.2, 0.25) is 0 Å². The minimum Gasteiger partial charge on any atom is -0.354 e. The number of carbonyl (C=O) groups excluding carboxylic acids is 1. The van der Waals surface area contributed by atoms with E-state index >= 15 is 0 Å². The molecule has 0 aliphatic carbocycles. The van der Waals surface area contributed by atoms with Crippen molar-refractivity contribution in [2.75, 3.05) is 27.2 Å². The quantitative estimate of drug-likeness (QED) is 0.392. The number of para-hydroxylation sites is 1. The molecule has 1 N–H and O–H groups in total. The zero-order chi connectivity index (χ0) is 24.2. The minimum absolute atomic E-state index is 0.0402. The van der Waals surface area contributed by atoms with Crippen molar-refractivity contribution in [1.29, 1.82) is 0 Å². The molecule has 0 aliphatic heterocycles. The number of hydrogen-bond acceptors (Lipinski definition) is 5. The number of carbonyl (C=O) groups is 1. The summed E-state index contributed by atoms with van der Waals surface area (Å²) in [4.78, 5) is 32.5. The van der Waals surface area contributed by atoms with Crippen molar-refractivity contribution in [2.24, 2.45) is 0 Å². The summed E-state index contributed by atoms with van der Waals surface area (Å²) in [5.41, 5.74) is -0.913. The summed E-state index contributed by atoms with van der Waals surface area (Å²) in [5.74, 6) is -0.220. The van der Waals surface area contributed by atoms with E-state index in [1.165, 1.54) is 12.1 Å². The fourth-order valence-electron chi connectivity index (χ4n) is 3.21. The second-order valence-electron chi connectivity index (χ2n) is 7.71. The molecule has 1 heterocycles. The van der Waals surface area contributed by atoms with Gasteiger partial charge in [-0.1, -0.05) is 36.9 Å². The lowest BCUT2D eigenvalue weighted by Gasteiger charge is -2.19. The highest BCUT2D eigenvalue weighted by Crippen LogP contribution is 2.32. The minimum atomic E-state index is -4.56. The van der Waals surface area contributed by atoms with Crippen LogP contribution in [0.25, 0.3) is 16.6 Å². The average Bonchev–Trinajstić information content (AvgIpc) is 2.76. The highest BCUT2D eigenvalue weighted by atomic mass is 32.2. The van der Waals surface area contributed by atoms with E-state index in [0.29, 0.717) is 25.0 Å². The molecule has 3 rings (SSSR count). The summed E-state index contributed by atoms with van der Waals surface area (Å²) in [6, 6.07) is 11.2. The van der Waals surface area contributed by atoms with Gasteiger partial charge in [0, 0.05) is 13.1 Å². The number of likely N-dealkylation sites (N-methyl/N-ethyl adjacent to an activating group) is 1. The summed E-state index contributed by atoms with van der Waals surface area (Å²) in [6.07, 6.45) is -4.11. The molecule has 0 bridgehead atoms. The van der Waals surface area contributed by atoms with Crippen LogP contribution in [0.1, 0.15) is 18.9 Å². The lowest BCUT2D eigenvalue weighted by atomic mass is 10.2. The third-order valence-corrected chi connectivity index (χ3v) is 6.26. The number of alkyl halides is 3. The monoisotopic (exact) mass is 478 g/mol. The zero-order valence-corrected chi connectivity index (χ0v) is 19.3. The van der Waals surface area contributed by atoms with Gasteiger partial charge in [0.2, 0.25) is 5.91 Å². The van der Waals surface area contributed by atoms with Crippen LogP contribution in [0, 0.1) is 0 Å². The van der Waals surface area contributed by atoms with Crippen LogP contribution in [0.3, 0.4) is 0 Å². The van der Waals surface area contributed by atoms with Gasteiger partial charge in [0.1, 0.15) is 0 Å². The van der Waals surface area contributed by atoms with Crippen molar-refractivity contribution in [2.45, 2.75) is 29.9 Å². The maximum Gasteiger partial charge on any atom is 0.416 e. The molecule has 0 spiro atoms. The van der Waals surface area contributed by atoms with Gasteiger partial charge < -0.3 is 10.2 Å². The van der Waals surface area contributed by atoms with Gasteiger partial charge in [0.25, 0.3) is 5.56 Å². The largest absolute Gasteiger partial charge is 0.416 e. The summed E-state index contributed by atoms with van der Waals surface area (Å²) >= 11 is 1.06. The van der Waals surface area contributed by atoms with E-state index in [2.05, 4.69) is 10.3 Å². The first kappa shape index (κ1) is 24.8. The third kappa shape index (κ3) is 5.94. The Labute approximate surface area is 193 Å². The van der Waals surface area contributed by atoms with Gasteiger partial charge in [-0.3, -0.25) is 14.2 Å². The topological polar surface area (TPSA) is 67.2 Å². The number of amides is 1. The van der Waals surface area contributed by atoms with Crippen molar-refractivity contribution in [1.82, 2.24) is 19.8 Å². The number of halogens is 3. The molecule has 2 aromatic carbocycles. The molecule has 33 heavy (non-hydrogen) atoms. The lowest BCUT2D eigenvalue weighted by molar-refractivity contribution is -0.137. The third-order valence-electron chi connectivity index (χ3n) is 4.95. The predicted molar refractivity (Wildman–Crippen MR) is 124 cm³/mol. The molecule has 0 fully saturated rings. The predicted octanol–water partition coefficient (Wildman–Crippen LogP) is 3.95. The van der Waals surface area contributed by atoms with E-state index in [1.54, 1.807) is 24.3 Å². The molecule has 10 heteroatoms. The Hall–Kier alpha value is -2.85. The standard InChI is InChI=1S/C23H25F3N4O2S/c1-4-19(20(31)27-12-13-29(2)3)33-22-28-18-11-6-5-10-17(18)21(32)30(22)16-9-7-8-15(14-16)23(24,25)26/h5-11,14,19H,4,12-13H2,1-3H3,(H,27,31). The fraction of sp³-hybridized carbons (Fsp3) is 0.348. The molecule has 1 unspecified atom stereocenters. The number of thioether (sulfide) groups is 1. The Bertz CT molecular complexity index is 1190. The molecule has 0 saturated carbocycles. The van der Waals surface area contributed by atoms with Crippen LogP contribution in [0.5, 0.6) is 0 Å². The van der Waals surface area contributed by atoms with E-state index in [-0.39, 0.29) is 22.1 Å². The van der Waals surface area contributed by atoms with Gasteiger partial charge in [-0.2, -0.15) is 13.2 Å². The smallest absolute Gasteiger partial charge is 0.354 e. The van der Waals surface area contributed by atoms with E-state index < -0.39 is 22.5 Å². The Morgan fingerprint density at radius 3 is 2.58 bits per heavy atom. The van der Waals surface area contributed by atoms with Crippen LogP contribution in [-0.4, -0.2) is 52.8 Å². The molecular weight excluding hydrogens is 453 g/mol. The molecule has 0 radical (unpaired) electrons. The molecule has 3 aromatic rings. The molecule has 1 amide bonds. The number of nitrogens with one attached hydrogen (secondary N) is 1. The first-order chi connectivity index (χ1) is 15.6. The zero-order valence-electron chi connectivity index (χ0n) is 18.5. The lowest BCUT2D eigenvalue weighted by Crippen LogP contribution is -2.37. The molecule has 176 valence electrons. The number of aromatic nitrogens is 2. The Morgan fingerprint density at radius 1 is 1.18 bits per heavy atom. The molecule has 1 aromatic heterocycles. The van der Waals surface area contributed by atoms with Gasteiger partial charge in [0.05, 0.1) is 27.4 Å². The Balaban J connectivity index is 2.07. The molecular formula is C23H25F3N4O2S. The SMILES string of the molecule is CCC(Sc1nc2ccccc2c(=O)n1-c1cccc(C(F)(F)F)c1)C(=O)NCCN(C)C. The van der Waals surface area contributed by atoms with Crippen LogP contribution >= 0.6 is 11.8 Å². The summed E-state index contributed by atoms with van der Waals surface area (Å²) in [6.45, 7) is 2.95. The Morgan fingerprint density at radius 2 is 1.91 bits per heavy atom. The number of fused-ring (bicyclic) bond motifs is 1. The first-order valence-corrected chi connectivity index (χ1v) is 11.3. The number of nitrogens with zero attached hydrogens (tertiary/aromatic N) is 3. The van der Waals surface area contributed by atoms with Crippen molar-refractivity contribution < 1.29 is 18.0 Å². The highest BCUT2D eigenvalue weighted by molar-refractivity contribution is 8.00. The van der Waals surface area contributed by atoms with E-state index in [9.17, 15) is 22.8 Å². The molecule has 6 nitrogen and oxygen atoms in total. The van der Waals surface area contributed by atoms with Crippen LogP contribution in [0.4, 0.5) is 13.2 Å². The van der Waals surface area contributed by atoms with E-state index in [1.807, 2.05) is 25.9 Å². The average molecular weight is 479 g/mol. The van der Waals surface area contributed by atoms with Crippen LogP contribution in [-0.2, 0) is 11.0 Å². The number of rotatable bonds is 8. The van der Waals surface area contributed by atoms with Gasteiger partial charge in [-0.15, -0.1) is 0 Å². The molecule has 0 aliphatic rings. The van der Waals surface area contributed by atoms with Crippen LogP contribution < -0.4 is 10.9 Å². The highest BCUT2D eigenvalue weighted by Gasteiger charge is 2.31. The van der Waals surface area contributed by atoms with E-state index in [0.717, 1.165) is 28.5 Å². The molecule has 1 atom stereocenters. The maximum atomic E-state index is 13.3. The van der Waals surface area contributed by atoms with Crippen molar-refractivity contribution >= 4 is 28.6 Å². The van der Waals surface area contributed by atoms with Crippen molar-refractivity contribution in [3.8, 4) is 5.69 Å². The van der Waals surface area contributed by atoms with Gasteiger partial charge in [-0.25, -0.2) is 4.98 Å². The van der Waals surface area contributed by atoms with Crippen molar-refractivity contribution in [3.63, 3.8) is 0 Å². The fourth-order valence-corrected chi connectivity index (χ4v) is 4.26. The van der Waals surface area contributed by atoms with Crippen LogP contribution in [0.15, 0.2) is 58.5 Å². The van der Waals surface area contributed by atoms with E-state index in [4.69, 9.17) is 0 Å². The van der Waals surface area contributed by atoms with Gasteiger partial charge in [0.15, 0.2) is 5.16 Å². The Kier molecular flexibility index (Phi) is 7.80. The van der Waals surface area contributed by atoms with Crippen molar-refractivity contribution in [3.05, 3.63) is 64.4 Å². The molecule has 0 saturated heterocycles. The number of hydrogen-bond donors (Lipinski definition) is 1. The first-order valence-electron chi connectivity index (χ1n) is 10.4. The second kappa shape index (κ2) is 10.4. The second-order valence-corrected chi connectivity index (χ2v) is 8.88. The normalized spacial score (nSPS) is 12.8. The summed E-state index contributed by atoms with van der Waals surface area (Å²) in [7, 11) is 3.79. The van der Waals surface area contributed by atoms with Gasteiger partial charge in [-0.05, 0) is 50.8 Å².